The molecule has 0 aromatic heterocycles. The lowest BCUT2D eigenvalue weighted by Gasteiger charge is -2.23. The quantitative estimate of drug-likeness (QED) is 0.755. The molecular formula is C19H27N3O3. The molecule has 0 aliphatic carbocycles. The molecule has 1 aliphatic heterocycles. The molecular weight excluding hydrogens is 318 g/mol. The number of benzene rings is 1. The zero-order chi connectivity index (χ0) is 18.4. The number of nitrogens with zero attached hydrogens (tertiary/aromatic N) is 3. The lowest BCUT2D eigenvalue weighted by molar-refractivity contribution is -0.138. The Labute approximate surface area is 149 Å². The van der Waals surface area contributed by atoms with Crippen LogP contribution in [0.4, 0.5) is 5.69 Å². The van der Waals surface area contributed by atoms with Crippen molar-refractivity contribution in [1.82, 2.24) is 9.80 Å². The maximum absolute atomic E-state index is 12.5. The van der Waals surface area contributed by atoms with Crippen LogP contribution < -0.4 is 4.90 Å². The smallest absolute Gasteiger partial charge is 0.241 e. The molecule has 0 bridgehead atoms. The van der Waals surface area contributed by atoms with Gasteiger partial charge >= 0.3 is 0 Å². The third-order valence-corrected chi connectivity index (χ3v) is 4.35. The summed E-state index contributed by atoms with van der Waals surface area (Å²) >= 11 is 0. The number of carbonyl (C=O) groups excluding carboxylic acids is 3. The summed E-state index contributed by atoms with van der Waals surface area (Å²) in [5, 5.41) is 0. The van der Waals surface area contributed by atoms with Gasteiger partial charge < -0.3 is 14.7 Å². The van der Waals surface area contributed by atoms with Crippen molar-refractivity contribution >= 4 is 23.4 Å². The van der Waals surface area contributed by atoms with Crippen LogP contribution in [0.2, 0.25) is 0 Å². The highest BCUT2D eigenvalue weighted by Crippen LogP contribution is 2.21. The number of hydrogen-bond donors (Lipinski definition) is 0. The molecule has 1 aromatic carbocycles. The maximum atomic E-state index is 12.5. The largest absolute Gasteiger partial charge is 0.347 e. The fraction of sp³-hybridized carbons (Fsp3) is 0.526. The predicted octanol–water partition coefficient (Wildman–Crippen LogP) is 1.68. The Morgan fingerprint density at radius 2 is 1.80 bits per heavy atom. The van der Waals surface area contributed by atoms with E-state index in [0.717, 1.165) is 30.6 Å². The van der Waals surface area contributed by atoms with Gasteiger partial charge in [0.25, 0.3) is 0 Å². The van der Waals surface area contributed by atoms with Gasteiger partial charge in [-0.15, -0.1) is 0 Å². The summed E-state index contributed by atoms with van der Waals surface area (Å²) in [5.41, 5.74) is 1.77. The van der Waals surface area contributed by atoms with E-state index in [1.54, 1.807) is 23.9 Å². The van der Waals surface area contributed by atoms with Gasteiger partial charge in [0.15, 0.2) is 0 Å². The first-order valence-corrected chi connectivity index (χ1v) is 8.79. The second kappa shape index (κ2) is 8.65. The highest BCUT2D eigenvalue weighted by Gasteiger charge is 2.22. The first-order chi connectivity index (χ1) is 11.9. The third-order valence-electron chi connectivity index (χ3n) is 4.35. The fourth-order valence-corrected chi connectivity index (χ4v) is 2.87. The van der Waals surface area contributed by atoms with Gasteiger partial charge in [-0.1, -0.05) is 19.1 Å². The zero-order valence-electron chi connectivity index (χ0n) is 15.3. The second-order valence-electron chi connectivity index (χ2n) is 6.60. The van der Waals surface area contributed by atoms with Crippen LogP contribution in [0, 0.1) is 0 Å². The van der Waals surface area contributed by atoms with Crippen molar-refractivity contribution < 1.29 is 14.4 Å². The Morgan fingerprint density at radius 3 is 2.32 bits per heavy atom. The monoisotopic (exact) mass is 345 g/mol. The molecule has 2 rings (SSSR count). The first-order valence-electron chi connectivity index (χ1n) is 8.79. The molecule has 0 atom stereocenters. The summed E-state index contributed by atoms with van der Waals surface area (Å²) in [6.45, 7) is 3.43. The van der Waals surface area contributed by atoms with Crippen LogP contribution in [0.15, 0.2) is 24.3 Å². The molecule has 6 nitrogen and oxygen atoms in total. The van der Waals surface area contributed by atoms with Crippen molar-refractivity contribution in [2.75, 3.05) is 38.6 Å². The summed E-state index contributed by atoms with van der Waals surface area (Å²) in [6, 6.07) is 7.55. The second-order valence-corrected chi connectivity index (χ2v) is 6.60. The molecule has 6 heteroatoms. The van der Waals surface area contributed by atoms with Gasteiger partial charge in [-0.25, -0.2) is 0 Å². The number of anilines is 1. The molecule has 0 unspecified atom stereocenters. The van der Waals surface area contributed by atoms with Gasteiger partial charge in [-0.05, 0) is 30.5 Å². The van der Waals surface area contributed by atoms with Crippen molar-refractivity contribution in [2.24, 2.45) is 0 Å². The fourth-order valence-electron chi connectivity index (χ4n) is 2.87. The SMILES string of the molecule is CCCN(CC(=O)N(C)C)C(=O)Cc1ccc(N2CCCC2=O)cc1. The van der Waals surface area contributed by atoms with Crippen molar-refractivity contribution in [3.8, 4) is 0 Å². The standard InChI is InChI=1S/C19H27N3O3/c1-4-11-21(14-19(25)20(2)3)18(24)13-15-7-9-16(10-8-15)22-12-5-6-17(22)23/h7-10H,4-6,11-14H2,1-3H3. The molecule has 0 spiro atoms. The van der Waals surface area contributed by atoms with E-state index >= 15 is 0 Å². The van der Waals surface area contributed by atoms with Gasteiger partial charge in [0.05, 0.1) is 13.0 Å². The summed E-state index contributed by atoms with van der Waals surface area (Å²) in [6.07, 6.45) is 2.56. The molecule has 3 amide bonds. The third kappa shape index (κ3) is 5.05. The van der Waals surface area contributed by atoms with Crippen LogP contribution in [0.25, 0.3) is 0 Å². The maximum Gasteiger partial charge on any atom is 0.241 e. The Bertz CT molecular complexity index is 625. The van der Waals surface area contributed by atoms with E-state index < -0.39 is 0 Å². The summed E-state index contributed by atoms with van der Waals surface area (Å²) in [7, 11) is 3.38. The van der Waals surface area contributed by atoms with Gasteiger partial charge in [0.1, 0.15) is 0 Å². The molecule has 1 fully saturated rings. The minimum absolute atomic E-state index is 0.0537. The Kier molecular flexibility index (Phi) is 6.56. The Balaban J connectivity index is 2.00. The van der Waals surface area contributed by atoms with Crippen LogP contribution in [0.1, 0.15) is 31.7 Å². The van der Waals surface area contributed by atoms with E-state index in [1.807, 2.05) is 31.2 Å². The van der Waals surface area contributed by atoms with Gasteiger partial charge in [0, 0.05) is 39.3 Å². The highest BCUT2D eigenvalue weighted by molar-refractivity contribution is 5.95. The summed E-state index contributed by atoms with van der Waals surface area (Å²) in [4.78, 5) is 41.1. The number of carbonyl (C=O) groups is 3. The van der Waals surface area contributed by atoms with E-state index in [9.17, 15) is 14.4 Å². The molecule has 0 radical (unpaired) electrons. The zero-order valence-corrected chi connectivity index (χ0v) is 15.3. The highest BCUT2D eigenvalue weighted by atomic mass is 16.2. The normalized spacial score (nSPS) is 13.9. The van der Waals surface area contributed by atoms with Crippen LogP contribution in [0.5, 0.6) is 0 Å². The molecule has 25 heavy (non-hydrogen) atoms. The molecule has 0 saturated carbocycles. The number of likely N-dealkylation sites (N-methyl/N-ethyl adjacent to an activating group) is 1. The number of amides is 3. The number of hydrogen-bond acceptors (Lipinski definition) is 3. The minimum atomic E-state index is -0.0790. The summed E-state index contributed by atoms with van der Waals surface area (Å²) in [5.74, 6) is 0.0203. The van der Waals surface area contributed by atoms with Crippen molar-refractivity contribution in [3.63, 3.8) is 0 Å². The molecule has 0 N–H and O–H groups in total. The lowest BCUT2D eigenvalue weighted by Crippen LogP contribution is -2.41. The van der Waals surface area contributed by atoms with Gasteiger partial charge in [-0.3, -0.25) is 14.4 Å². The Hall–Kier alpha value is -2.37. The average Bonchev–Trinajstić information content (AvgIpc) is 3.01. The minimum Gasteiger partial charge on any atom is -0.347 e. The van der Waals surface area contributed by atoms with Crippen LogP contribution >= 0.6 is 0 Å². The molecule has 1 heterocycles. The first kappa shape index (κ1) is 19.0. The van der Waals surface area contributed by atoms with Gasteiger partial charge in [0.2, 0.25) is 17.7 Å². The van der Waals surface area contributed by atoms with E-state index in [-0.39, 0.29) is 30.7 Å². The molecule has 1 aromatic rings. The van der Waals surface area contributed by atoms with Crippen molar-refractivity contribution in [2.45, 2.75) is 32.6 Å². The molecule has 136 valence electrons. The van der Waals surface area contributed by atoms with E-state index in [4.69, 9.17) is 0 Å². The lowest BCUT2D eigenvalue weighted by atomic mass is 10.1. The summed E-state index contributed by atoms with van der Waals surface area (Å²) < 4.78 is 0. The van der Waals surface area contributed by atoms with Crippen LogP contribution in [-0.4, -0.2) is 61.3 Å². The van der Waals surface area contributed by atoms with E-state index in [1.165, 1.54) is 4.90 Å². The van der Waals surface area contributed by atoms with Crippen LogP contribution in [0.3, 0.4) is 0 Å². The topological polar surface area (TPSA) is 60.9 Å². The predicted molar refractivity (Wildman–Crippen MR) is 97.3 cm³/mol. The Morgan fingerprint density at radius 1 is 1.12 bits per heavy atom. The van der Waals surface area contributed by atoms with E-state index in [0.29, 0.717) is 13.0 Å². The van der Waals surface area contributed by atoms with Crippen LogP contribution in [-0.2, 0) is 20.8 Å². The van der Waals surface area contributed by atoms with Gasteiger partial charge in [-0.2, -0.15) is 0 Å². The average molecular weight is 345 g/mol. The molecule has 1 saturated heterocycles. The van der Waals surface area contributed by atoms with Crippen molar-refractivity contribution in [3.05, 3.63) is 29.8 Å². The van der Waals surface area contributed by atoms with E-state index in [2.05, 4.69) is 0 Å². The molecule has 1 aliphatic rings. The van der Waals surface area contributed by atoms with Crippen molar-refractivity contribution in [1.29, 1.82) is 0 Å². The number of rotatable bonds is 7.